The molecule has 2 fully saturated rings. The zero-order chi connectivity index (χ0) is 26.5. The van der Waals surface area contributed by atoms with Crippen LogP contribution in [0.4, 0.5) is 5.82 Å². The fourth-order valence-electron chi connectivity index (χ4n) is 4.50. The maximum Gasteiger partial charge on any atom is 0.147 e. The second-order valence-corrected chi connectivity index (χ2v) is 9.87. The Balaban J connectivity index is 0.000000894. The largest absolute Gasteiger partial charge is 0.384 e. The highest BCUT2D eigenvalue weighted by atomic mass is 35.5. The molecular formula is C30H51ClN6. The number of aromatic nitrogens is 1. The number of nitrogens with zero attached hydrogens (tertiary/aromatic N) is 4. The molecule has 0 amide bonds. The molecule has 2 aliphatic heterocycles. The molecule has 37 heavy (non-hydrogen) atoms. The topological polar surface area (TPSA) is 72.5 Å². The minimum absolute atomic E-state index is 0. The molecule has 4 rings (SSSR count). The summed E-state index contributed by atoms with van der Waals surface area (Å²) in [6.07, 6.45) is 6.75. The number of benzene rings is 1. The molecule has 1 aromatic carbocycles. The molecule has 3 N–H and O–H groups in total. The number of likely N-dealkylation sites (tertiary alicyclic amines) is 1. The van der Waals surface area contributed by atoms with Crippen LogP contribution in [0.25, 0.3) is 0 Å². The quantitative estimate of drug-likeness (QED) is 0.326. The number of hydrogen-bond acceptors (Lipinski definition) is 5. The lowest BCUT2D eigenvalue weighted by atomic mass is 10.0. The first-order chi connectivity index (χ1) is 17.4. The number of hydrogen-bond donors (Lipinski definition) is 2. The van der Waals surface area contributed by atoms with Crippen LogP contribution < -0.4 is 10.6 Å². The third-order valence-electron chi connectivity index (χ3n) is 6.85. The number of nitrogen functional groups attached to an aromatic ring is 1. The Morgan fingerprint density at radius 2 is 1.57 bits per heavy atom. The number of unbranched alkanes of at least 4 members (excludes halogenated alkanes) is 1. The van der Waals surface area contributed by atoms with Gasteiger partial charge >= 0.3 is 0 Å². The molecule has 2 saturated heterocycles. The Kier molecular flexibility index (Phi) is 15.4. The van der Waals surface area contributed by atoms with Crippen molar-refractivity contribution in [2.45, 2.75) is 80.3 Å². The number of nitrogens with two attached hydrogens (primary N) is 1. The summed E-state index contributed by atoms with van der Waals surface area (Å²) in [6.45, 7) is 17.8. The van der Waals surface area contributed by atoms with E-state index in [0.717, 1.165) is 38.5 Å². The third kappa shape index (κ3) is 10.3. The SMILES string of the molecule is C.CC.CCCC.Cc1ccc(CN2CCC(N3CCN(c4ncc(C(=N)N)cc4Cl)CC3)CC2)cc1. The van der Waals surface area contributed by atoms with Crippen LogP contribution in [-0.4, -0.2) is 65.9 Å². The summed E-state index contributed by atoms with van der Waals surface area (Å²) in [5, 5.41) is 8.10. The number of piperidine rings is 1. The van der Waals surface area contributed by atoms with Crippen molar-refractivity contribution < 1.29 is 0 Å². The predicted molar refractivity (Wildman–Crippen MR) is 162 cm³/mol. The zero-order valence-electron chi connectivity index (χ0n) is 23.1. The highest BCUT2D eigenvalue weighted by molar-refractivity contribution is 6.33. The van der Waals surface area contributed by atoms with E-state index in [2.05, 4.69) is 64.7 Å². The Hall–Kier alpha value is -2.15. The summed E-state index contributed by atoms with van der Waals surface area (Å²) >= 11 is 6.41. The number of aryl methyl sites for hydroxylation is 1. The van der Waals surface area contributed by atoms with Gasteiger partial charge in [0, 0.05) is 50.5 Å². The molecule has 0 radical (unpaired) electrons. The second-order valence-electron chi connectivity index (χ2n) is 9.46. The maximum atomic E-state index is 7.53. The molecule has 3 heterocycles. The molecule has 6 nitrogen and oxygen atoms in total. The molecule has 2 aromatic rings. The van der Waals surface area contributed by atoms with Crippen molar-refractivity contribution in [2.24, 2.45) is 5.73 Å². The first kappa shape index (κ1) is 32.9. The van der Waals surface area contributed by atoms with Crippen LogP contribution in [0, 0.1) is 12.3 Å². The fraction of sp³-hybridized carbons (Fsp3) is 0.600. The first-order valence-electron chi connectivity index (χ1n) is 13.7. The Morgan fingerprint density at radius 1 is 1.00 bits per heavy atom. The van der Waals surface area contributed by atoms with Gasteiger partial charge in [0.2, 0.25) is 0 Å². The smallest absolute Gasteiger partial charge is 0.147 e. The highest BCUT2D eigenvalue weighted by Gasteiger charge is 2.28. The summed E-state index contributed by atoms with van der Waals surface area (Å²) < 4.78 is 0. The van der Waals surface area contributed by atoms with Crippen molar-refractivity contribution >= 4 is 23.3 Å². The van der Waals surface area contributed by atoms with E-state index in [1.807, 2.05) is 13.8 Å². The molecule has 0 aliphatic carbocycles. The number of anilines is 1. The molecule has 208 valence electrons. The normalized spacial score (nSPS) is 16.5. The van der Waals surface area contributed by atoms with E-state index < -0.39 is 0 Å². The molecule has 1 aromatic heterocycles. The van der Waals surface area contributed by atoms with Gasteiger partial charge in [-0.25, -0.2) is 4.98 Å². The van der Waals surface area contributed by atoms with Crippen molar-refractivity contribution in [3.05, 3.63) is 58.2 Å². The number of amidine groups is 1. The van der Waals surface area contributed by atoms with Crippen LogP contribution in [0.1, 0.15) is 77.5 Å². The van der Waals surface area contributed by atoms with E-state index in [1.54, 1.807) is 12.3 Å². The third-order valence-corrected chi connectivity index (χ3v) is 7.12. The van der Waals surface area contributed by atoms with Crippen molar-refractivity contribution in [1.82, 2.24) is 14.8 Å². The van der Waals surface area contributed by atoms with Crippen LogP contribution >= 0.6 is 11.6 Å². The summed E-state index contributed by atoms with van der Waals surface area (Å²) in [4.78, 5) is 11.9. The van der Waals surface area contributed by atoms with Crippen molar-refractivity contribution in [3.8, 4) is 0 Å². The molecule has 2 aliphatic rings. The van der Waals surface area contributed by atoms with Crippen molar-refractivity contribution in [1.29, 1.82) is 5.41 Å². The van der Waals surface area contributed by atoms with Gasteiger partial charge in [0.15, 0.2) is 0 Å². The van der Waals surface area contributed by atoms with Gasteiger partial charge in [-0.05, 0) is 44.5 Å². The van der Waals surface area contributed by atoms with Gasteiger partial charge in [-0.15, -0.1) is 0 Å². The van der Waals surface area contributed by atoms with Gasteiger partial charge in [-0.2, -0.15) is 0 Å². The van der Waals surface area contributed by atoms with Crippen LogP contribution in [0.2, 0.25) is 5.02 Å². The molecule has 0 spiro atoms. The minimum Gasteiger partial charge on any atom is -0.384 e. The number of halogens is 1. The lowest BCUT2D eigenvalue weighted by Gasteiger charge is -2.43. The second kappa shape index (κ2) is 17.4. The van der Waals surface area contributed by atoms with E-state index in [1.165, 1.54) is 49.9 Å². The number of piperazine rings is 1. The van der Waals surface area contributed by atoms with Gasteiger partial charge < -0.3 is 10.6 Å². The van der Waals surface area contributed by atoms with Crippen LogP contribution in [0.3, 0.4) is 0 Å². The van der Waals surface area contributed by atoms with Gasteiger partial charge in [0.1, 0.15) is 11.7 Å². The fourth-order valence-corrected chi connectivity index (χ4v) is 4.79. The molecule has 0 unspecified atom stereocenters. The highest BCUT2D eigenvalue weighted by Crippen LogP contribution is 2.26. The lowest BCUT2D eigenvalue weighted by molar-refractivity contribution is 0.0997. The Labute approximate surface area is 231 Å². The van der Waals surface area contributed by atoms with E-state index in [9.17, 15) is 0 Å². The lowest BCUT2D eigenvalue weighted by Crippen LogP contribution is -2.53. The molecule has 0 bridgehead atoms. The Morgan fingerprint density at radius 3 is 2.05 bits per heavy atom. The molecule has 7 heteroatoms. The Bertz CT molecular complexity index is 899. The van der Waals surface area contributed by atoms with E-state index in [4.69, 9.17) is 22.7 Å². The standard InChI is InChI=1S/C23H31ClN6.C4H10.C2H6.CH4/c1-17-2-4-18(5-3-17)16-28-8-6-20(7-9-28)29-10-12-30(13-11-29)23-21(24)14-19(15-27-23)22(25)26;1-3-4-2;1-2;/h2-5,14-15,20H,6-13,16H2,1H3,(H3,25,26);3-4H2,1-2H3;1-2H3;1H4. The van der Waals surface area contributed by atoms with Crippen LogP contribution in [0.5, 0.6) is 0 Å². The maximum absolute atomic E-state index is 7.53. The van der Waals surface area contributed by atoms with Gasteiger partial charge in [-0.1, -0.05) is 89.4 Å². The van der Waals surface area contributed by atoms with Crippen LogP contribution in [-0.2, 0) is 6.54 Å². The average Bonchev–Trinajstić information content (AvgIpc) is 2.92. The monoisotopic (exact) mass is 530 g/mol. The minimum atomic E-state index is -0.00510. The van der Waals surface area contributed by atoms with Gasteiger partial charge in [0.05, 0.1) is 5.02 Å². The molecule has 0 saturated carbocycles. The molecular weight excluding hydrogens is 480 g/mol. The number of pyridine rings is 1. The molecule has 0 atom stereocenters. The summed E-state index contributed by atoms with van der Waals surface area (Å²) in [5.74, 6) is 0.795. The summed E-state index contributed by atoms with van der Waals surface area (Å²) in [6, 6.07) is 11.3. The van der Waals surface area contributed by atoms with E-state index >= 15 is 0 Å². The van der Waals surface area contributed by atoms with Gasteiger partial charge in [-0.3, -0.25) is 15.2 Å². The average molecular weight is 531 g/mol. The van der Waals surface area contributed by atoms with Gasteiger partial charge in [0.25, 0.3) is 0 Å². The summed E-state index contributed by atoms with van der Waals surface area (Å²) in [7, 11) is 0. The van der Waals surface area contributed by atoms with Crippen molar-refractivity contribution in [2.75, 3.05) is 44.2 Å². The zero-order valence-corrected chi connectivity index (χ0v) is 23.8. The predicted octanol–water partition coefficient (Wildman–Crippen LogP) is 6.58. The van der Waals surface area contributed by atoms with E-state index in [-0.39, 0.29) is 13.3 Å². The van der Waals surface area contributed by atoms with Crippen LogP contribution in [0.15, 0.2) is 36.5 Å². The number of rotatable bonds is 6. The number of nitrogens with one attached hydrogen (secondary N) is 1. The van der Waals surface area contributed by atoms with Crippen molar-refractivity contribution in [3.63, 3.8) is 0 Å². The van der Waals surface area contributed by atoms with E-state index in [0.29, 0.717) is 16.6 Å². The first-order valence-corrected chi connectivity index (χ1v) is 14.1. The summed E-state index contributed by atoms with van der Waals surface area (Å²) in [5.41, 5.74) is 8.83.